The third kappa shape index (κ3) is 5.62. The van der Waals surface area contributed by atoms with Gasteiger partial charge in [0, 0.05) is 18.6 Å². The average Bonchev–Trinajstić information content (AvgIpc) is 2.66. The van der Waals surface area contributed by atoms with Crippen LogP contribution in [0.1, 0.15) is 40.0 Å². The number of ether oxygens (including phenoxy) is 1. The van der Waals surface area contributed by atoms with E-state index >= 15 is 0 Å². The predicted molar refractivity (Wildman–Crippen MR) is 110 cm³/mol. The van der Waals surface area contributed by atoms with Crippen molar-refractivity contribution in [2.24, 2.45) is 0 Å². The average molecular weight is 402 g/mol. The molecule has 0 bridgehead atoms. The first-order valence-corrected chi connectivity index (χ1v) is 10.1. The molecule has 158 valence electrons. The molecule has 2 aliphatic heterocycles. The third-order valence-electron chi connectivity index (χ3n) is 4.88. The lowest BCUT2D eigenvalue weighted by atomic mass is 10.1. The predicted octanol–water partition coefficient (Wildman–Crippen LogP) is 1.89. The van der Waals surface area contributed by atoms with E-state index in [2.05, 4.69) is 10.6 Å². The number of likely N-dealkylation sites (tertiary alicyclic amines) is 1. The topological polar surface area (TPSA) is 91.0 Å². The molecule has 0 radical (unpaired) electrons. The molecule has 8 heteroatoms. The van der Waals surface area contributed by atoms with E-state index in [9.17, 15) is 14.4 Å². The Morgan fingerprint density at radius 2 is 1.79 bits per heavy atom. The molecule has 1 fully saturated rings. The molecule has 2 aliphatic rings. The second-order valence-corrected chi connectivity index (χ2v) is 8.59. The Hall–Kier alpha value is -2.77. The number of hydrogen-bond acceptors (Lipinski definition) is 5. The third-order valence-corrected chi connectivity index (χ3v) is 4.88. The van der Waals surface area contributed by atoms with Gasteiger partial charge in [-0.25, -0.2) is 4.79 Å². The fraction of sp³-hybridized carbons (Fsp3) is 0.571. The first-order valence-electron chi connectivity index (χ1n) is 10.1. The van der Waals surface area contributed by atoms with Gasteiger partial charge < -0.3 is 19.9 Å². The summed E-state index contributed by atoms with van der Waals surface area (Å²) in [5, 5.41) is 5.06. The molecule has 0 spiro atoms. The van der Waals surface area contributed by atoms with Crippen molar-refractivity contribution < 1.29 is 19.1 Å². The van der Waals surface area contributed by atoms with Crippen LogP contribution in [-0.4, -0.2) is 60.6 Å². The zero-order valence-corrected chi connectivity index (χ0v) is 17.4. The zero-order chi connectivity index (χ0) is 21.0. The number of carbonyl (C=O) groups is 3. The highest BCUT2D eigenvalue weighted by molar-refractivity contribution is 5.97. The van der Waals surface area contributed by atoms with Crippen molar-refractivity contribution in [1.82, 2.24) is 15.5 Å². The maximum Gasteiger partial charge on any atom is 0.321 e. The number of anilines is 1. The van der Waals surface area contributed by atoms with E-state index in [1.807, 2.05) is 43.9 Å². The van der Waals surface area contributed by atoms with Crippen molar-refractivity contribution in [3.8, 4) is 5.75 Å². The number of urea groups is 1. The number of benzene rings is 1. The molecule has 2 N–H and O–H groups in total. The molecule has 1 unspecified atom stereocenters. The van der Waals surface area contributed by atoms with Crippen LogP contribution in [0.15, 0.2) is 24.3 Å². The highest BCUT2D eigenvalue weighted by atomic mass is 16.5. The van der Waals surface area contributed by atoms with E-state index in [4.69, 9.17) is 4.74 Å². The van der Waals surface area contributed by atoms with Crippen LogP contribution in [0.4, 0.5) is 10.5 Å². The summed E-state index contributed by atoms with van der Waals surface area (Å²) in [5.41, 5.74) is 0.295. The van der Waals surface area contributed by atoms with Crippen LogP contribution in [-0.2, 0) is 9.59 Å². The van der Waals surface area contributed by atoms with E-state index in [0.29, 0.717) is 5.75 Å². The number of fused-ring (bicyclic) bond motifs is 1. The summed E-state index contributed by atoms with van der Waals surface area (Å²) in [5.74, 6) is 0.0868. The lowest BCUT2D eigenvalue weighted by Gasteiger charge is -2.38. The van der Waals surface area contributed by atoms with Crippen molar-refractivity contribution in [3.05, 3.63) is 24.3 Å². The minimum atomic E-state index is -0.667. The SMILES string of the molecule is CC(C)(C)NC(=O)NC(=O)CN1CC(C(=O)N2CCCCC2)Oc2ccccc21. The second kappa shape index (κ2) is 8.71. The maximum absolute atomic E-state index is 12.9. The Kier molecular flexibility index (Phi) is 6.30. The number of amides is 4. The van der Waals surface area contributed by atoms with E-state index in [-0.39, 0.29) is 19.0 Å². The van der Waals surface area contributed by atoms with Gasteiger partial charge in [0.1, 0.15) is 5.75 Å². The van der Waals surface area contributed by atoms with E-state index in [0.717, 1.165) is 38.0 Å². The molecular weight excluding hydrogens is 372 g/mol. The molecule has 0 saturated carbocycles. The van der Waals surface area contributed by atoms with Crippen LogP contribution in [0.5, 0.6) is 5.75 Å². The van der Waals surface area contributed by atoms with Gasteiger partial charge in [-0.1, -0.05) is 12.1 Å². The molecule has 1 aromatic rings. The van der Waals surface area contributed by atoms with Crippen molar-refractivity contribution >= 4 is 23.5 Å². The number of nitrogens with one attached hydrogen (secondary N) is 2. The lowest BCUT2D eigenvalue weighted by molar-refractivity contribution is -0.139. The van der Waals surface area contributed by atoms with Gasteiger partial charge in [-0.2, -0.15) is 0 Å². The number of rotatable bonds is 3. The Bertz CT molecular complexity index is 768. The zero-order valence-electron chi connectivity index (χ0n) is 17.4. The van der Waals surface area contributed by atoms with Crippen LogP contribution in [0, 0.1) is 0 Å². The summed E-state index contributed by atoms with van der Waals surface area (Å²) in [4.78, 5) is 41.0. The summed E-state index contributed by atoms with van der Waals surface area (Å²) in [6, 6.07) is 6.79. The highest BCUT2D eigenvalue weighted by Crippen LogP contribution is 2.33. The van der Waals surface area contributed by atoms with Gasteiger partial charge in [-0.3, -0.25) is 14.9 Å². The minimum absolute atomic E-state index is 0.0400. The van der Waals surface area contributed by atoms with Crippen molar-refractivity contribution in [2.45, 2.75) is 51.7 Å². The van der Waals surface area contributed by atoms with Crippen LogP contribution < -0.4 is 20.3 Å². The van der Waals surface area contributed by atoms with E-state index in [1.54, 1.807) is 11.0 Å². The maximum atomic E-state index is 12.9. The van der Waals surface area contributed by atoms with Crippen molar-refractivity contribution in [3.63, 3.8) is 0 Å². The standard InChI is InChI=1S/C21H30N4O4/c1-21(2,3)23-20(28)22-18(26)14-25-13-17(19(27)24-11-7-4-8-12-24)29-16-10-6-5-9-15(16)25/h5-6,9-10,17H,4,7-8,11-14H2,1-3H3,(H2,22,23,26,28). The quantitative estimate of drug-likeness (QED) is 0.806. The molecule has 29 heavy (non-hydrogen) atoms. The summed E-state index contributed by atoms with van der Waals surface area (Å²) in [7, 11) is 0. The highest BCUT2D eigenvalue weighted by Gasteiger charge is 2.34. The fourth-order valence-electron chi connectivity index (χ4n) is 3.61. The fourth-order valence-corrected chi connectivity index (χ4v) is 3.61. The molecule has 1 aromatic carbocycles. The Balaban J connectivity index is 1.69. The van der Waals surface area contributed by atoms with Crippen LogP contribution in [0.3, 0.4) is 0 Å². The molecule has 4 amide bonds. The molecular formula is C21H30N4O4. The summed E-state index contributed by atoms with van der Waals surface area (Å²) in [6.45, 7) is 7.23. The smallest absolute Gasteiger partial charge is 0.321 e. The van der Waals surface area contributed by atoms with Crippen molar-refractivity contribution in [2.75, 3.05) is 31.1 Å². The number of hydrogen-bond donors (Lipinski definition) is 2. The molecule has 2 heterocycles. The summed E-state index contributed by atoms with van der Waals surface area (Å²) in [6.07, 6.45) is 2.48. The Labute approximate surface area is 171 Å². The van der Waals surface area contributed by atoms with Gasteiger partial charge >= 0.3 is 6.03 Å². The van der Waals surface area contributed by atoms with Crippen LogP contribution >= 0.6 is 0 Å². The second-order valence-electron chi connectivity index (χ2n) is 8.59. The molecule has 1 atom stereocenters. The number of imide groups is 1. The molecule has 8 nitrogen and oxygen atoms in total. The van der Waals surface area contributed by atoms with Gasteiger partial charge in [0.2, 0.25) is 5.91 Å². The number of nitrogens with zero attached hydrogens (tertiary/aromatic N) is 2. The lowest BCUT2D eigenvalue weighted by Crippen LogP contribution is -2.54. The summed E-state index contributed by atoms with van der Waals surface area (Å²) >= 11 is 0. The van der Waals surface area contributed by atoms with Gasteiger partial charge in [-0.05, 0) is 52.2 Å². The van der Waals surface area contributed by atoms with Gasteiger partial charge in [0.05, 0.1) is 18.8 Å². The van der Waals surface area contributed by atoms with Gasteiger partial charge in [0.15, 0.2) is 6.10 Å². The van der Waals surface area contributed by atoms with Gasteiger partial charge in [0.25, 0.3) is 5.91 Å². The number of para-hydroxylation sites is 2. The van der Waals surface area contributed by atoms with Crippen LogP contribution in [0.2, 0.25) is 0 Å². The first-order chi connectivity index (χ1) is 13.7. The molecule has 0 aliphatic carbocycles. The van der Waals surface area contributed by atoms with Crippen molar-refractivity contribution in [1.29, 1.82) is 0 Å². The molecule has 3 rings (SSSR count). The van der Waals surface area contributed by atoms with Gasteiger partial charge in [-0.15, -0.1) is 0 Å². The largest absolute Gasteiger partial charge is 0.477 e. The summed E-state index contributed by atoms with van der Waals surface area (Å²) < 4.78 is 5.96. The number of carbonyl (C=O) groups excluding carboxylic acids is 3. The normalized spacial score (nSPS) is 19.1. The van der Waals surface area contributed by atoms with Crippen LogP contribution in [0.25, 0.3) is 0 Å². The van der Waals surface area contributed by atoms with E-state index < -0.39 is 23.6 Å². The first kappa shape index (κ1) is 21.0. The monoisotopic (exact) mass is 402 g/mol. The Morgan fingerprint density at radius 3 is 2.48 bits per heavy atom. The number of piperidine rings is 1. The molecule has 1 saturated heterocycles. The Morgan fingerprint density at radius 1 is 1.10 bits per heavy atom. The minimum Gasteiger partial charge on any atom is -0.477 e. The molecule has 0 aromatic heterocycles. The van der Waals surface area contributed by atoms with E-state index in [1.165, 1.54) is 0 Å².